The highest BCUT2D eigenvalue weighted by Gasteiger charge is 2.59. The highest BCUT2D eigenvalue weighted by atomic mass is 32.2. The van der Waals surface area contributed by atoms with Crippen molar-refractivity contribution in [3.8, 4) is 0 Å². The Balaban J connectivity index is 2.07. The van der Waals surface area contributed by atoms with Crippen LogP contribution >= 0.6 is 11.8 Å². The van der Waals surface area contributed by atoms with E-state index in [2.05, 4.69) is 10.6 Å². The first-order valence-electron chi connectivity index (χ1n) is 7.09. The maximum atomic E-state index is 12.8. The van der Waals surface area contributed by atoms with E-state index in [1.807, 2.05) is 0 Å². The van der Waals surface area contributed by atoms with Crippen molar-refractivity contribution in [2.75, 3.05) is 10.6 Å². The van der Waals surface area contributed by atoms with Crippen molar-refractivity contribution in [2.24, 2.45) is 14.1 Å². The molecule has 2 amide bonds. The molecule has 1 spiro atoms. The first-order chi connectivity index (χ1) is 11.4. The van der Waals surface area contributed by atoms with Gasteiger partial charge in [-0.3, -0.25) is 23.5 Å². The van der Waals surface area contributed by atoms with Gasteiger partial charge in [0.15, 0.2) is 0 Å². The molecule has 0 saturated carbocycles. The molecule has 2 aliphatic rings. The smallest absolute Gasteiger partial charge is 0.323 e. The maximum absolute atomic E-state index is 12.8. The third kappa shape index (κ3) is 1.59. The minimum atomic E-state index is -1.75. The Bertz CT molecular complexity index is 1050. The summed E-state index contributed by atoms with van der Waals surface area (Å²) in [5.41, 5.74) is -0.665. The minimum Gasteiger partial charge on any atom is -0.323 e. The van der Waals surface area contributed by atoms with Gasteiger partial charge in [0, 0.05) is 19.0 Å². The third-order valence-corrected chi connectivity index (χ3v) is 5.74. The summed E-state index contributed by atoms with van der Waals surface area (Å²) >= 11 is 1.01. The van der Waals surface area contributed by atoms with E-state index in [-0.39, 0.29) is 11.4 Å². The molecule has 0 fully saturated rings. The lowest BCUT2D eigenvalue weighted by atomic mass is 10.0. The zero-order valence-electron chi connectivity index (χ0n) is 12.7. The molecule has 0 unspecified atom stereocenters. The molecule has 24 heavy (non-hydrogen) atoms. The molecule has 122 valence electrons. The number of fused-ring (bicyclic) bond motifs is 3. The number of thioether (sulfide) groups is 1. The number of amides is 2. The van der Waals surface area contributed by atoms with E-state index in [0.29, 0.717) is 10.6 Å². The average Bonchev–Trinajstić information content (AvgIpc) is 2.86. The van der Waals surface area contributed by atoms with Crippen molar-refractivity contribution in [1.29, 1.82) is 0 Å². The first-order valence-corrected chi connectivity index (χ1v) is 7.91. The van der Waals surface area contributed by atoms with Gasteiger partial charge in [0.1, 0.15) is 5.82 Å². The standard InChI is InChI=1S/C15H12N4O4S/c1-18-10-9(11(20)19(2)14(18)23)15(13(22)17-10)12(21)16-7-5-3-4-6-8(7)24-15/h3-6H,1-2H3,(H,16,21)(H,17,22)/t15-/m0/s1. The van der Waals surface area contributed by atoms with Crippen LogP contribution in [0.3, 0.4) is 0 Å². The second-order valence-electron chi connectivity index (χ2n) is 5.62. The number of aromatic nitrogens is 2. The van der Waals surface area contributed by atoms with E-state index in [9.17, 15) is 19.2 Å². The summed E-state index contributed by atoms with van der Waals surface area (Å²) in [5.74, 6) is -1.17. The van der Waals surface area contributed by atoms with E-state index >= 15 is 0 Å². The van der Waals surface area contributed by atoms with E-state index in [1.165, 1.54) is 14.1 Å². The lowest BCUT2D eigenvalue weighted by molar-refractivity contribution is -0.127. The van der Waals surface area contributed by atoms with Crippen molar-refractivity contribution in [3.05, 3.63) is 50.7 Å². The largest absolute Gasteiger partial charge is 0.332 e. The van der Waals surface area contributed by atoms with Crippen LogP contribution in [-0.2, 0) is 28.4 Å². The summed E-state index contributed by atoms with van der Waals surface area (Å²) < 4.78 is 0.316. The molecule has 9 heteroatoms. The molecule has 1 atom stereocenters. The average molecular weight is 344 g/mol. The number of para-hydroxylation sites is 1. The highest BCUT2D eigenvalue weighted by molar-refractivity contribution is 8.02. The van der Waals surface area contributed by atoms with Gasteiger partial charge >= 0.3 is 5.69 Å². The van der Waals surface area contributed by atoms with Gasteiger partial charge in [0.2, 0.25) is 4.75 Å². The minimum absolute atomic E-state index is 0.0193. The molecular formula is C15H12N4O4S. The van der Waals surface area contributed by atoms with Gasteiger partial charge in [0.05, 0.1) is 11.3 Å². The van der Waals surface area contributed by atoms with Crippen LogP contribution in [0.4, 0.5) is 11.5 Å². The van der Waals surface area contributed by atoms with Crippen LogP contribution in [0.1, 0.15) is 5.56 Å². The van der Waals surface area contributed by atoms with Crippen molar-refractivity contribution >= 4 is 35.1 Å². The molecular weight excluding hydrogens is 332 g/mol. The Morgan fingerprint density at radius 1 is 0.958 bits per heavy atom. The number of hydrogen-bond acceptors (Lipinski definition) is 5. The Labute approximate surface area is 139 Å². The first kappa shape index (κ1) is 14.8. The fraction of sp³-hybridized carbons (Fsp3) is 0.200. The van der Waals surface area contributed by atoms with E-state index < -0.39 is 27.8 Å². The van der Waals surface area contributed by atoms with E-state index in [4.69, 9.17) is 0 Å². The quantitative estimate of drug-likeness (QED) is 0.654. The monoisotopic (exact) mass is 344 g/mol. The van der Waals surface area contributed by atoms with Crippen LogP contribution in [0.5, 0.6) is 0 Å². The second kappa shape index (κ2) is 4.60. The maximum Gasteiger partial charge on any atom is 0.332 e. The topological polar surface area (TPSA) is 102 Å². The number of hydrogen-bond donors (Lipinski definition) is 2. The molecule has 0 saturated heterocycles. The summed E-state index contributed by atoms with van der Waals surface area (Å²) in [5, 5.41) is 5.21. The second-order valence-corrected chi connectivity index (χ2v) is 6.87. The predicted molar refractivity (Wildman–Crippen MR) is 88.2 cm³/mol. The molecule has 3 heterocycles. The number of benzene rings is 1. The Hall–Kier alpha value is -2.81. The van der Waals surface area contributed by atoms with Crippen LogP contribution in [0.15, 0.2) is 38.8 Å². The van der Waals surface area contributed by atoms with Gasteiger partial charge in [-0.2, -0.15) is 0 Å². The summed E-state index contributed by atoms with van der Waals surface area (Å²) in [6.45, 7) is 0. The van der Waals surface area contributed by atoms with E-state index in [0.717, 1.165) is 20.9 Å². The lowest BCUT2D eigenvalue weighted by Gasteiger charge is -2.30. The fourth-order valence-corrected chi connectivity index (χ4v) is 4.29. The third-order valence-electron chi connectivity index (χ3n) is 4.29. The summed E-state index contributed by atoms with van der Waals surface area (Å²) in [6, 6.07) is 7.03. The van der Waals surface area contributed by atoms with Crippen molar-refractivity contribution in [2.45, 2.75) is 9.64 Å². The lowest BCUT2D eigenvalue weighted by Crippen LogP contribution is -2.49. The van der Waals surface area contributed by atoms with Gasteiger partial charge in [0.25, 0.3) is 17.4 Å². The molecule has 1 aromatic carbocycles. The molecule has 8 nitrogen and oxygen atoms in total. The predicted octanol–water partition coefficient (Wildman–Crippen LogP) is -0.0242. The summed E-state index contributed by atoms with van der Waals surface area (Å²) in [7, 11) is 2.76. The summed E-state index contributed by atoms with van der Waals surface area (Å²) in [6.07, 6.45) is 0. The molecule has 4 rings (SSSR count). The van der Waals surface area contributed by atoms with Crippen molar-refractivity contribution < 1.29 is 9.59 Å². The van der Waals surface area contributed by atoms with Gasteiger partial charge in [-0.1, -0.05) is 23.9 Å². The highest BCUT2D eigenvalue weighted by Crippen LogP contribution is 2.52. The van der Waals surface area contributed by atoms with E-state index in [1.54, 1.807) is 24.3 Å². The number of carbonyl (C=O) groups is 2. The SMILES string of the molecule is Cn1c2c(c(=O)n(C)c1=O)[C@@]1(Sc3ccccc3NC1=O)C(=O)N2. The molecule has 0 aliphatic carbocycles. The van der Waals surface area contributed by atoms with Crippen LogP contribution < -0.4 is 21.9 Å². The van der Waals surface area contributed by atoms with Crippen LogP contribution in [0, 0.1) is 0 Å². The van der Waals surface area contributed by atoms with Gasteiger partial charge < -0.3 is 10.6 Å². The number of nitrogens with one attached hydrogen (secondary N) is 2. The molecule has 2 aliphatic heterocycles. The fourth-order valence-electron chi connectivity index (χ4n) is 3.01. The summed E-state index contributed by atoms with van der Waals surface area (Å²) in [4.78, 5) is 50.9. The zero-order valence-corrected chi connectivity index (χ0v) is 13.6. The number of carbonyl (C=O) groups excluding carboxylic acids is 2. The normalized spacial score (nSPS) is 21.2. The Kier molecular flexibility index (Phi) is 2.83. The number of anilines is 2. The molecule has 1 aromatic heterocycles. The van der Waals surface area contributed by atoms with Gasteiger partial charge in [-0.05, 0) is 12.1 Å². The molecule has 0 bridgehead atoms. The Morgan fingerprint density at radius 2 is 1.62 bits per heavy atom. The van der Waals surface area contributed by atoms with Gasteiger partial charge in [-0.15, -0.1) is 0 Å². The zero-order chi connectivity index (χ0) is 17.2. The number of nitrogens with zero attached hydrogens (tertiary/aromatic N) is 2. The Morgan fingerprint density at radius 3 is 2.38 bits per heavy atom. The molecule has 2 aromatic rings. The van der Waals surface area contributed by atoms with Crippen LogP contribution in [0.2, 0.25) is 0 Å². The van der Waals surface area contributed by atoms with Gasteiger partial charge in [-0.25, -0.2) is 4.79 Å². The molecule has 2 N–H and O–H groups in total. The van der Waals surface area contributed by atoms with Crippen molar-refractivity contribution in [1.82, 2.24) is 9.13 Å². The van der Waals surface area contributed by atoms with Crippen LogP contribution in [0.25, 0.3) is 0 Å². The molecule has 0 radical (unpaired) electrons. The number of rotatable bonds is 0. The van der Waals surface area contributed by atoms with Crippen molar-refractivity contribution in [3.63, 3.8) is 0 Å². The van der Waals surface area contributed by atoms with Crippen LogP contribution in [-0.4, -0.2) is 20.9 Å².